The van der Waals surface area contributed by atoms with Gasteiger partial charge in [0.25, 0.3) is 0 Å². The highest BCUT2D eigenvalue weighted by molar-refractivity contribution is 7.93. The van der Waals surface area contributed by atoms with Crippen molar-refractivity contribution in [2.45, 2.75) is 43.6 Å². The van der Waals surface area contributed by atoms with Crippen molar-refractivity contribution in [3.05, 3.63) is 30.4 Å². The maximum absolute atomic E-state index is 13.9. The highest BCUT2D eigenvalue weighted by Crippen LogP contribution is 2.37. The molecular formula is C23H30FN9O6S. The number of nitrogens with zero attached hydrogens (tertiary/aromatic N) is 8. The fourth-order valence-electron chi connectivity index (χ4n) is 4.84. The summed E-state index contributed by atoms with van der Waals surface area (Å²) in [7, 11) is -1.26. The van der Waals surface area contributed by atoms with Crippen molar-refractivity contribution >= 4 is 21.9 Å². The molecule has 0 radical (unpaired) electrons. The number of halogens is 1. The Morgan fingerprint density at radius 1 is 1.10 bits per heavy atom. The number of hydrogen-bond acceptors (Lipinski definition) is 13. The van der Waals surface area contributed by atoms with E-state index in [1.165, 1.54) is 25.1 Å². The van der Waals surface area contributed by atoms with Gasteiger partial charge in [0.1, 0.15) is 17.7 Å². The van der Waals surface area contributed by atoms with Gasteiger partial charge < -0.3 is 23.8 Å². The predicted octanol–water partition coefficient (Wildman–Crippen LogP) is 1.28. The number of hydrogen-bond donors (Lipinski definition) is 1. The molecule has 17 heteroatoms. The van der Waals surface area contributed by atoms with Crippen molar-refractivity contribution in [2.24, 2.45) is 0 Å². The van der Waals surface area contributed by atoms with Gasteiger partial charge in [-0.25, -0.2) is 22.8 Å². The SMILES string of the molecule is CCOC1CC(S(=O)(=O)Nc2nnc([C@@H]3CCCO3)n2-c2c(OC)ncnc2OC)CN(c2ncc(F)cn2)C1. The molecule has 0 aromatic carbocycles. The first-order valence-corrected chi connectivity index (χ1v) is 14.2. The van der Waals surface area contributed by atoms with E-state index in [0.29, 0.717) is 32.0 Å². The molecule has 0 spiro atoms. The average molecular weight is 580 g/mol. The highest BCUT2D eigenvalue weighted by Gasteiger charge is 2.39. The fraction of sp³-hybridized carbons (Fsp3) is 0.565. The number of aromatic nitrogens is 7. The van der Waals surface area contributed by atoms with Crippen molar-refractivity contribution < 1.29 is 31.8 Å². The predicted molar refractivity (Wildman–Crippen MR) is 139 cm³/mol. The minimum Gasteiger partial charge on any atom is -0.479 e. The van der Waals surface area contributed by atoms with E-state index in [-0.39, 0.29) is 42.3 Å². The lowest BCUT2D eigenvalue weighted by molar-refractivity contribution is 0.0531. The summed E-state index contributed by atoms with van der Waals surface area (Å²) in [6.45, 7) is 3.13. The van der Waals surface area contributed by atoms with Crippen LogP contribution >= 0.6 is 0 Å². The Hall–Kier alpha value is -3.70. The summed E-state index contributed by atoms with van der Waals surface area (Å²) in [5.74, 6) is 0.0923. The van der Waals surface area contributed by atoms with Crippen LogP contribution in [-0.4, -0.2) is 95.0 Å². The quantitative estimate of drug-likeness (QED) is 0.365. The summed E-state index contributed by atoms with van der Waals surface area (Å²) in [4.78, 5) is 18.0. The number of nitrogens with one attached hydrogen (secondary N) is 1. The van der Waals surface area contributed by atoms with Crippen LogP contribution in [0.4, 0.5) is 16.3 Å². The zero-order valence-electron chi connectivity index (χ0n) is 22.2. The molecule has 0 aliphatic carbocycles. The van der Waals surface area contributed by atoms with Crippen LogP contribution in [0.5, 0.6) is 11.8 Å². The Bertz CT molecular complexity index is 1400. The summed E-state index contributed by atoms with van der Waals surface area (Å²) in [5, 5.41) is 7.49. The standard InChI is InChI=1S/C23H30FN9O6S/c1-4-38-15-8-16(12-32(11-15)22-25-9-14(24)10-26-22)40(34,35)31-23-30-29-19(17-6-5-7-39-17)33(23)18-20(36-2)27-13-28-21(18)37-3/h9-10,13,15-17H,4-8,11-12H2,1-3H3,(H,30,31)/t15?,16?,17-/m0/s1. The number of methoxy groups -OCH3 is 2. The monoisotopic (exact) mass is 579 g/mol. The largest absolute Gasteiger partial charge is 0.479 e. The molecule has 5 rings (SSSR count). The molecule has 3 aromatic heterocycles. The molecule has 1 N–H and O–H groups in total. The number of piperidine rings is 1. The van der Waals surface area contributed by atoms with E-state index in [1.54, 1.807) is 4.90 Å². The van der Waals surface area contributed by atoms with Crippen LogP contribution in [0, 0.1) is 5.82 Å². The van der Waals surface area contributed by atoms with E-state index >= 15 is 0 Å². The third-order valence-electron chi connectivity index (χ3n) is 6.61. The number of sulfonamides is 1. The van der Waals surface area contributed by atoms with Crippen LogP contribution in [0.1, 0.15) is 38.1 Å². The highest BCUT2D eigenvalue weighted by atomic mass is 32.2. The van der Waals surface area contributed by atoms with Gasteiger partial charge >= 0.3 is 0 Å². The van der Waals surface area contributed by atoms with Crippen molar-refractivity contribution in [3.63, 3.8) is 0 Å². The lowest BCUT2D eigenvalue weighted by Crippen LogP contribution is -2.51. The summed E-state index contributed by atoms with van der Waals surface area (Å²) in [5.41, 5.74) is 0.220. The van der Waals surface area contributed by atoms with Gasteiger partial charge in [0.15, 0.2) is 17.3 Å². The summed E-state index contributed by atoms with van der Waals surface area (Å²) in [6, 6.07) is 0. The first-order valence-electron chi connectivity index (χ1n) is 12.7. The molecule has 0 amide bonds. The molecule has 3 aromatic rings. The molecular weight excluding hydrogens is 549 g/mol. The molecule has 2 fully saturated rings. The minimum absolute atomic E-state index is 0.0400. The van der Waals surface area contributed by atoms with Gasteiger partial charge in [-0.1, -0.05) is 0 Å². The normalized spacial score (nSPS) is 21.4. The van der Waals surface area contributed by atoms with Crippen molar-refractivity contribution in [3.8, 4) is 17.4 Å². The number of ether oxygens (including phenoxy) is 4. The topological polar surface area (TPSA) is 169 Å². The molecule has 2 unspecified atom stereocenters. The minimum atomic E-state index is -4.10. The second-order valence-corrected chi connectivity index (χ2v) is 11.1. The van der Waals surface area contributed by atoms with Gasteiger partial charge in [-0.3, -0.25) is 9.29 Å². The van der Waals surface area contributed by atoms with Crippen LogP contribution in [0.2, 0.25) is 0 Å². The van der Waals surface area contributed by atoms with Gasteiger partial charge in [-0.2, -0.15) is 9.97 Å². The third kappa shape index (κ3) is 5.62. The Labute approximate surface area is 230 Å². The van der Waals surface area contributed by atoms with Crippen LogP contribution in [0.25, 0.3) is 5.69 Å². The average Bonchev–Trinajstić information content (AvgIpc) is 3.63. The maximum atomic E-state index is 13.9. The van der Waals surface area contributed by atoms with Crippen molar-refractivity contribution in [1.29, 1.82) is 0 Å². The van der Waals surface area contributed by atoms with Crippen LogP contribution in [0.3, 0.4) is 0 Å². The Kier molecular flexibility index (Phi) is 8.22. The second-order valence-electron chi connectivity index (χ2n) is 9.15. The lowest BCUT2D eigenvalue weighted by Gasteiger charge is -2.37. The molecule has 3 atom stereocenters. The third-order valence-corrected chi connectivity index (χ3v) is 8.30. The van der Waals surface area contributed by atoms with Crippen LogP contribution < -0.4 is 19.1 Å². The first-order chi connectivity index (χ1) is 19.3. The summed E-state index contributed by atoms with van der Waals surface area (Å²) >= 11 is 0. The van der Waals surface area contributed by atoms with E-state index in [4.69, 9.17) is 18.9 Å². The van der Waals surface area contributed by atoms with Crippen molar-refractivity contribution in [1.82, 2.24) is 34.7 Å². The van der Waals surface area contributed by atoms with Gasteiger partial charge in [0.2, 0.25) is 33.7 Å². The van der Waals surface area contributed by atoms with Gasteiger partial charge in [0, 0.05) is 26.3 Å². The molecule has 0 bridgehead atoms. The second kappa shape index (κ2) is 11.8. The molecule has 2 saturated heterocycles. The van der Waals surface area contributed by atoms with E-state index < -0.39 is 33.3 Å². The zero-order chi connectivity index (χ0) is 28.3. The summed E-state index contributed by atoms with van der Waals surface area (Å²) in [6.07, 6.45) is 4.13. The smallest absolute Gasteiger partial charge is 0.245 e. The van der Waals surface area contributed by atoms with Gasteiger partial charge in [-0.05, 0) is 26.2 Å². The van der Waals surface area contributed by atoms with E-state index in [1.807, 2.05) is 6.92 Å². The molecule has 15 nitrogen and oxygen atoms in total. The number of anilines is 2. The molecule has 2 aliphatic heterocycles. The van der Waals surface area contributed by atoms with E-state index in [9.17, 15) is 12.8 Å². The van der Waals surface area contributed by atoms with Crippen LogP contribution in [0.15, 0.2) is 18.7 Å². The first kappa shape index (κ1) is 27.9. The van der Waals surface area contributed by atoms with Gasteiger partial charge in [0.05, 0.1) is 32.7 Å². The molecule has 2 aliphatic rings. The fourth-order valence-corrected chi connectivity index (χ4v) is 6.24. The Balaban J connectivity index is 1.52. The molecule has 216 valence electrons. The van der Waals surface area contributed by atoms with E-state index in [2.05, 4.69) is 34.9 Å². The number of rotatable bonds is 10. The Morgan fingerprint density at radius 3 is 2.45 bits per heavy atom. The molecule has 40 heavy (non-hydrogen) atoms. The Morgan fingerprint density at radius 2 is 1.82 bits per heavy atom. The zero-order valence-corrected chi connectivity index (χ0v) is 23.0. The molecule has 5 heterocycles. The summed E-state index contributed by atoms with van der Waals surface area (Å²) < 4.78 is 67.7. The maximum Gasteiger partial charge on any atom is 0.245 e. The molecule has 0 saturated carbocycles. The van der Waals surface area contributed by atoms with E-state index in [0.717, 1.165) is 18.8 Å². The van der Waals surface area contributed by atoms with Crippen LogP contribution in [-0.2, 0) is 19.5 Å². The van der Waals surface area contributed by atoms with Gasteiger partial charge in [-0.15, -0.1) is 10.2 Å². The van der Waals surface area contributed by atoms with Crippen molar-refractivity contribution in [2.75, 3.05) is 50.1 Å². The lowest BCUT2D eigenvalue weighted by atomic mass is 10.1.